The van der Waals surface area contributed by atoms with E-state index in [1.807, 2.05) is 0 Å². The number of aliphatic carboxylic acids is 1. The number of hydrogen-bond donors (Lipinski definition) is 3. The fourth-order valence-corrected chi connectivity index (χ4v) is 1.95. The number of likely N-dealkylation sites (N-methyl/N-ethyl adjacent to an activating group) is 1. The molecule has 124 valence electrons. The smallest absolute Gasteiger partial charge is 0.449 e. The van der Waals surface area contributed by atoms with Crippen molar-refractivity contribution in [3.63, 3.8) is 0 Å². The Balaban J connectivity index is 2.09. The molecule has 0 radical (unpaired) electrons. The van der Waals surface area contributed by atoms with Crippen LogP contribution in [-0.2, 0) is 15.8 Å². The number of alkyl halides is 3. The van der Waals surface area contributed by atoms with Crippen molar-refractivity contribution in [2.45, 2.75) is 6.18 Å². The summed E-state index contributed by atoms with van der Waals surface area (Å²) in [6.45, 7) is -0.469. The monoisotopic (exact) mass is 330 g/mol. The van der Waals surface area contributed by atoms with E-state index in [1.54, 1.807) is 0 Å². The Hall–Kier alpha value is -2.62. The molecule has 0 aliphatic rings. The molecule has 0 aliphatic heterocycles. The van der Waals surface area contributed by atoms with Crippen molar-refractivity contribution in [1.82, 2.24) is 14.9 Å². The molecule has 2 rings (SSSR count). The third-order valence-electron chi connectivity index (χ3n) is 2.85. The number of nitrogens with zero attached hydrogens (tertiary/aromatic N) is 2. The van der Waals surface area contributed by atoms with Crippen molar-refractivity contribution in [3.05, 3.63) is 24.0 Å². The summed E-state index contributed by atoms with van der Waals surface area (Å²) in [5, 5.41) is 11.1. The van der Waals surface area contributed by atoms with Crippen LogP contribution in [0.15, 0.2) is 18.2 Å². The van der Waals surface area contributed by atoms with Crippen LogP contribution in [0.5, 0.6) is 0 Å². The molecule has 0 fully saturated rings. The number of nitrogens with one attached hydrogen (secondary N) is 2. The number of amides is 1. The number of halogens is 3. The van der Waals surface area contributed by atoms with Gasteiger partial charge in [0.15, 0.2) is 0 Å². The molecule has 0 unspecified atom stereocenters. The summed E-state index contributed by atoms with van der Waals surface area (Å²) in [6, 6.07) is 4.09. The molecule has 3 N–H and O–H groups in total. The number of benzene rings is 1. The number of carboxylic acids is 1. The third-order valence-corrected chi connectivity index (χ3v) is 2.85. The second-order valence-electron chi connectivity index (χ2n) is 4.93. The van der Waals surface area contributed by atoms with E-state index >= 15 is 0 Å². The van der Waals surface area contributed by atoms with Crippen LogP contribution in [-0.4, -0.2) is 52.0 Å². The van der Waals surface area contributed by atoms with E-state index in [4.69, 9.17) is 5.11 Å². The zero-order chi connectivity index (χ0) is 17.2. The van der Waals surface area contributed by atoms with Crippen LogP contribution < -0.4 is 5.32 Å². The predicted molar refractivity (Wildman–Crippen MR) is 74.9 cm³/mol. The lowest BCUT2D eigenvalue weighted by atomic mass is 10.2. The lowest BCUT2D eigenvalue weighted by molar-refractivity contribution is -0.144. The molecule has 1 heterocycles. The van der Waals surface area contributed by atoms with Gasteiger partial charge in [0.05, 0.1) is 24.1 Å². The fraction of sp³-hybridized carbons (Fsp3) is 0.308. The van der Waals surface area contributed by atoms with E-state index in [9.17, 15) is 22.8 Å². The van der Waals surface area contributed by atoms with Gasteiger partial charge in [-0.2, -0.15) is 13.2 Å². The summed E-state index contributed by atoms with van der Waals surface area (Å²) >= 11 is 0. The normalized spacial score (nSPS) is 11.9. The minimum atomic E-state index is -4.58. The number of aromatic amines is 1. The average molecular weight is 330 g/mol. The van der Waals surface area contributed by atoms with Gasteiger partial charge in [-0.05, 0) is 25.2 Å². The lowest BCUT2D eigenvalue weighted by Crippen LogP contribution is -2.33. The van der Waals surface area contributed by atoms with Gasteiger partial charge in [0.1, 0.15) is 0 Å². The largest absolute Gasteiger partial charge is 0.480 e. The molecule has 0 aliphatic carbocycles. The summed E-state index contributed by atoms with van der Waals surface area (Å²) in [5.74, 6) is -2.67. The topological polar surface area (TPSA) is 98.3 Å². The highest BCUT2D eigenvalue weighted by Crippen LogP contribution is 2.29. The van der Waals surface area contributed by atoms with Gasteiger partial charge >= 0.3 is 12.1 Å². The first-order valence-corrected chi connectivity index (χ1v) is 6.42. The molecule has 10 heteroatoms. The molecule has 1 amide bonds. The molecule has 0 spiro atoms. The van der Waals surface area contributed by atoms with Crippen LogP contribution in [0.3, 0.4) is 0 Å². The number of carbonyl (C=O) groups excluding carboxylic acids is 1. The van der Waals surface area contributed by atoms with E-state index in [1.165, 1.54) is 30.1 Å². The maximum Gasteiger partial charge on any atom is 0.449 e. The number of anilines is 1. The molecule has 2 aromatic rings. The molecule has 0 bridgehead atoms. The maximum atomic E-state index is 12.6. The van der Waals surface area contributed by atoms with Crippen LogP contribution in [0.4, 0.5) is 18.9 Å². The Morgan fingerprint density at radius 1 is 1.35 bits per heavy atom. The quantitative estimate of drug-likeness (QED) is 0.772. The van der Waals surface area contributed by atoms with Crippen LogP contribution in [0.2, 0.25) is 0 Å². The molecule has 1 aromatic heterocycles. The SMILES string of the molecule is CN(CC(=O)O)CC(=O)Nc1ccc2nc(C(F)(F)F)[nH]c2c1. The van der Waals surface area contributed by atoms with E-state index in [2.05, 4.69) is 15.3 Å². The van der Waals surface area contributed by atoms with Gasteiger partial charge < -0.3 is 15.4 Å². The Labute approximate surface area is 128 Å². The van der Waals surface area contributed by atoms with Crippen molar-refractivity contribution in [2.75, 3.05) is 25.5 Å². The van der Waals surface area contributed by atoms with Crippen molar-refractivity contribution in [2.24, 2.45) is 0 Å². The number of imidazole rings is 1. The van der Waals surface area contributed by atoms with Crippen LogP contribution in [0.1, 0.15) is 5.82 Å². The molecule has 0 saturated carbocycles. The van der Waals surface area contributed by atoms with Gasteiger partial charge in [-0.1, -0.05) is 0 Å². The van der Waals surface area contributed by atoms with E-state index < -0.39 is 23.9 Å². The summed E-state index contributed by atoms with van der Waals surface area (Å²) in [6.07, 6.45) is -4.58. The number of carbonyl (C=O) groups is 2. The second-order valence-corrected chi connectivity index (χ2v) is 4.93. The fourth-order valence-electron chi connectivity index (χ4n) is 1.95. The maximum absolute atomic E-state index is 12.6. The Morgan fingerprint density at radius 2 is 2.04 bits per heavy atom. The van der Waals surface area contributed by atoms with Gasteiger partial charge in [-0.25, -0.2) is 4.98 Å². The highest BCUT2D eigenvalue weighted by atomic mass is 19.4. The first-order chi connectivity index (χ1) is 10.6. The lowest BCUT2D eigenvalue weighted by Gasteiger charge is -2.13. The molecular formula is C13H13F3N4O3. The predicted octanol–water partition coefficient (Wildman–Crippen LogP) is 1.54. The Kier molecular flexibility index (Phi) is 4.55. The van der Waals surface area contributed by atoms with E-state index in [0.717, 1.165) is 0 Å². The highest BCUT2D eigenvalue weighted by molar-refractivity contribution is 5.94. The highest BCUT2D eigenvalue weighted by Gasteiger charge is 2.34. The van der Waals surface area contributed by atoms with Gasteiger partial charge in [-0.15, -0.1) is 0 Å². The summed E-state index contributed by atoms with van der Waals surface area (Å²) in [5.41, 5.74) is 0.538. The van der Waals surface area contributed by atoms with Crippen molar-refractivity contribution in [1.29, 1.82) is 0 Å². The van der Waals surface area contributed by atoms with Gasteiger partial charge in [-0.3, -0.25) is 14.5 Å². The number of rotatable bonds is 5. The first-order valence-electron chi connectivity index (χ1n) is 6.42. The number of hydrogen-bond acceptors (Lipinski definition) is 4. The Bertz CT molecular complexity index is 742. The third kappa shape index (κ3) is 4.42. The Morgan fingerprint density at radius 3 is 2.65 bits per heavy atom. The van der Waals surface area contributed by atoms with Crippen molar-refractivity contribution < 1.29 is 27.9 Å². The summed E-state index contributed by atoms with van der Waals surface area (Å²) < 4.78 is 37.7. The van der Waals surface area contributed by atoms with Gasteiger partial charge in [0.2, 0.25) is 11.7 Å². The van der Waals surface area contributed by atoms with Gasteiger partial charge in [0.25, 0.3) is 0 Å². The minimum absolute atomic E-state index is 0.123. The average Bonchev–Trinajstić information content (AvgIpc) is 2.80. The van der Waals surface area contributed by atoms with E-state index in [-0.39, 0.29) is 29.8 Å². The van der Waals surface area contributed by atoms with E-state index in [0.29, 0.717) is 0 Å². The summed E-state index contributed by atoms with van der Waals surface area (Å²) in [7, 11) is 1.46. The molecule has 23 heavy (non-hydrogen) atoms. The zero-order valence-electron chi connectivity index (χ0n) is 11.9. The minimum Gasteiger partial charge on any atom is -0.480 e. The number of H-pyrrole nitrogens is 1. The van der Waals surface area contributed by atoms with Crippen LogP contribution in [0, 0.1) is 0 Å². The number of fused-ring (bicyclic) bond motifs is 1. The number of aromatic nitrogens is 2. The molecule has 0 saturated heterocycles. The zero-order valence-corrected chi connectivity index (χ0v) is 11.9. The number of carboxylic acid groups (broad SMARTS) is 1. The molecule has 1 aromatic carbocycles. The molecular weight excluding hydrogens is 317 g/mol. The first kappa shape index (κ1) is 16.7. The molecule has 7 nitrogen and oxygen atoms in total. The second kappa shape index (κ2) is 6.24. The van der Waals surface area contributed by atoms with Crippen LogP contribution >= 0.6 is 0 Å². The van der Waals surface area contributed by atoms with Crippen molar-refractivity contribution >= 4 is 28.6 Å². The summed E-state index contributed by atoms with van der Waals surface area (Å²) in [4.78, 5) is 29.1. The van der Waals surface area contributed by atoms with Crippen molar-refractivity contribution in [3.8, 4) is 0 Å². The molecule has 0 atom stereocenters. The van der Waals surface area contributed by atoms with Gasteiger partial charge in [0, 0.05) is 5.69 Å². The standard InChI is InChI=1S/C13H13F3N4O3/c1-20(6-11(22)23)5-10(21)17-7-2-3-8-9(4-7)19-12(18-8)13(14,15)16/h2-4H,5-6H2,1H3,(H,17,21)(H,18,19)(H,22,23). The van der Waals surface area contributed by atoms with Crippen LogP contribution in [0.25, 0.3) is 11.0 Å².